The number of nitrogens with one attached hydrogen (secondary N) is 2. The third kappa shape index (κ3) is 2.55. The number of nitrogens with zero attached hydrogens (tertiary/aromatic N) is 4. The van der Waals surface area contributed by atoms with Crippen LogP contribution in [0, 0.1) is 6.92 Å². The Hall–Kier alpha value is -2.70. The zero-order valence-electron chi connectivity index (χ0n) is 14.0. The number of aromatic nitrogens is 5. The summed E-state index contributed by atoms with van der Waals surface area (Å²) in [6.45, 7) is 6.01. The molecule has 0 aliphatic heterocycles. The summed E-state index contributed by atoms with van der Waals surface area (Å²) >= 11 is 0. The summed E-state index contributed by atoms with van der Waals surface area (Å²) in [5.41, 5.74) is 3.26. The molecular formula is C17H20N6O. The third-order valence-corrected chi connectivity index (χ3v) is 4.26. The van der Waals surface area contributed by atoms with E-state index in [1.807, 2.05) is 17.7 Å². The van der Waals surface area contributed by atoms with Crippen molar-refractivity contribution >= 4 is 22.8 Å². The molecule has 0 unspecified atom stereocenters. The summed E-state index contributed by atoms with van der Waals surface area (Å²) in [5, 5.41) is 14.9. The number of aryl methyl sites for hydroxylation is 1. The van der Waals surface area contributed by atoms with E-state index in [1.54, 1.807) is 12.3 Å². The monoisotopic (exact) mass is 324 g/mol. The normalized spacial score (nSPS) is 14.5. The Morgan fingerprint density at radius 3 is 2.79 bits per heavy atom. The van der Waals surface area contributed by atoms with Crippen molar-refractivity contribution in [2.24, 2.45) is 0 Å². The Kier molecular flexibility index (Phi) is 3.37. The van der Waals surface area contributed by atoms with Gasteiger partial charge in [0.05, 0.1) is 17.1 Å². The van der Waals surface area contributed by atoms with Crippen LogP contribution in [0.5, 0.6) is 0 Å². The number of rotatable bonds is 4. The van der Waals surface area contributed by atoms with Gasteiger partial charge >= 0.3 is 0 Å². The van der Waals surface area contributed by atoms with Crippen molar-refractivity contribution in [2.75, 3.05) is 5.32 Å². The number of hydrogen-bond donors (Lipinski definition) is 2. The van der Waals surface area contributed by atoms with E-state index in [2.05, 4.69) is 34.5 Å². The molecule has 0 atom stereocenters. The van der Waals surface area contributed by atoms with Gasteiger partial charge in [0.15, 0.2) is 11.5 Å². The molecule has 7 nitrogen and oxygen atoms in total. The second-order valence-corrected chi connectivity index (χ2v) is 6.68. The van der Waals surface area contributed by atoms with E-state index in [1.165, 1.54) is 0 Å². The van der Waals surface area contributed by atoms with Crippen LogP contribution >= 0.6 is 0 Å². The fourth-order valence-electron chi connectivity index (χ4n) is 2.86. The molecule has 3 heterocycles. The van der Waals surface area contributed by atoms with Crippen molar-refractivity contribution in [2.45, 2.75) is 45.6 Å². The predicted molar refractivity (Wildman–Crippen MR) is 91.2 cm³/mol. The molecule has 1 amide bonds. The lowest BCUT2D eigenvalue weighted by Gasteiger charge is -2.10. The summed E-state index contributed by atoms with van der Waals surface area (Å²) in [6, 6.07) is 3.89. The van der Waals surface area contributed by atoms with Crippen LogP contribution in [0.4, 0.5) is 5.82 Å². The van der Waals surface area contributed by atoms with Gasteiger partial charge in [0.1, 0.15) is 0 Å². The standard InChI is InChI=1S/C17H20N6O/c1-9(2)23-16-13(8-18-23)12(7-14(19-16)11-4-5-11)17(24)20-15-6-10(3)21-22-15/h6-9,11H,4-5H2,1-3H3,(H2,20,21,22,24). The maximum absolute atomic E-state index is 12.8. The molecule has 24 heavy (non-hydrogen) atoms. The summed E-state index contributed by atoms with van der Waals surface area (Å²) in [7, 11) is 0. The van der Waals surface area contributed by atoms with Gasteiger partial charge in [-0.2, -0.15) is 10.2 Å². The summed E-state index contributed by atoms with van der Waals surface area (Å²) in [5.74, 6) is 0.801. The van der Waals surface area contributed by atoms with Crippen LogP contribution < -0.4 is 5.32 Å². The summed E-state index contributed by atoms with van der Waals surface area (Å²) in [6.07, 6.45) is 3.99. The van der Waals surface area contributed by atoms with Crippen LogP contribution in [0.15, 0.2) is 18.3 Å². The van der Waals surface area contributed by atoms with Gasteiger partial charge in [0.25, 0.3) is 5.91 Å². The lowest BCUT2D eigenvalue weighted by molar-refractivity contribution is 0.102. The van der Waals surface area contributed by atoms with Gasteiger partial charge in [0.2, 0.25) is 0 Å². The van der Waals surface area contributed by atoms with Gasteiger partial charge in [-0.3, -0.25) is 9.89 Å². The largest absolute Gasteiger partial charge is 0.305 e. The van der Waals surface area contributed by atoms with Crippen molar-refractivity contribution in [3.63, 3.8) is 0 Å². The molecule has 3 aromatic rings. The number of hydrogen-bond acceptors (Lipinski definition) is 4. The Labute approximate surface area is 139 Å². The van der Waals surface area contributed by atoms with Crippen LogP contribution in [0.25, 0.3) is 11.0 Å². The molecule has 4 rings (SSSR count). The fraction of sp³-hybridized carbons (Fsp3) is 0.412. The Morgan fingerprint density at radius 2 is 2.17 bits per heavy atom. The molecule has 1 aliphatic carbocycles. The highest BCUT2D eigenvalue weighted by atomic mass is 16.1. The van der Waals surface area contributed by atoms with Crippen LogP contribution in [0.2, 0.25) is 0 Å². The van der Waals surface area contributed by atoms with Crippen molar-refractivity contribution in [3.8, 4) is 0 Å². The van der Waals surface area contributed by atoms with E-state index >= 15 is 0 Å². The maximum Gasteiger partial charge on any atom is 0.257 e. The Balaban J connectivity index is 1.79. The Morgan fingerprint density at radius 1 is 1.38 bits per heavy atom. The minimum Gasteiger partial charge on any atom is -0.305 e. The number of pyridine rings is 1. The molecule has 0 saturated heterocycles. The van der Waals surface area contributed by atoms with Gasteiger partial charge in [-0.1, -0.05) is 0 Å². The minimum absolute atomic E-state index is 0.181. The molecule has 0 aromatic carbocycles. The fourth-order valence-corrected chi connectivity index (χ4v) is 2.86. The van der Waals surface area contributed by atoms with E-state index in [9.17, 15) is 4.79 Å². The Bertz CT molecular complexity index is 918. The number of carbonyl (C=O) groups is 1. The van der Waals surface area contributed by atoms with Gasteiger partial charge in [-0.25, -0.2) is 9.67 Å². The van der Waals surface area contributed by atoms with Crippen LogP contribution in [0.1, 0.15) is 60.4 Å². The molecule has 0 radical (unpaired) electrons. The van der Waals surface area contributed by atoms with Crippen LogP contribution in [-0.4, -0.2) is 30.9 Å². The molecule has 0 spiro atoms. The topological polar surface area (TPSA) is 88.5 Å². The first kappa shape index (κ1) is 14.9. The van der Waals surface area contributed by atoms with Crippen LogP contribution in [-0.2, 0) is 0 Å². The van der Waals surface area contributed by atoms with E-state index in [0.717, 1.165) is 35.3 Å². The van der Waals surface area contributed by atoms with Crippen LogP contribution in [0.3, 0.4) is 0 Å². The number of amides is 1. The number of carbonyl (C=O) groups excluding carboxylic acids is 1. The third-order valence-electron chi connectivity index (χ3n) is 4.26. The molecule has 1 fully saturated rings. The zero-order valence-corrected chi connectivity index (χ0v) is 14.0. The quantitative estimate of drug-likeness (QED) is 0.771. The van der Waals surface area contributed by atoms with Gasteiger partial charge in [0, 0.05) is 29.4 Å². The molecule has 1 saturated carbocycles. The van der Waals surface area contributed by atoms with Crippen molar-refractivity contribution in [1.29, 1.82) is 0 Å². The molecule has 2 N–H and O–H groups in total. The lowest BCUT2D eigenvalue weighted by atomic mass is 10.1. The van der Waals surface area contributed by atoms with Crippen molar-refractivity contribution in [3.05, 3.63) is 35.3 Å². The molecule has 0 bridgehead atoms. The van der Waals surface area contributed by atoms with E-state index in [4.69, 9.17) is 4.98 Å². The average molecular weight is 324 g/mol. The highest BCUT2D eigenvalue weighted by molar-refractivity contribution is 6.11. The number of H-pyrrole nitrogens is 1. The zero-order chi connectivity index (χ0) is 16.8. The van der Waals surface area contributed by atoms with E-state index in [0.29, 0.717) is 17.3 Å². The number of anilines is 1. The number of aromatic amines is 1. The summed E-state index contributed by atoms with van der Waals surface area (Å²) < 4.78 is 1.87. The lowest BCUT2D eigenvalue weighted by Crippen LogP contribution is -2.14. The molecule has 7 heteroatoms. The van der Waals surface area contributed by atoms with Gasteiger partial charge in [-0.15, -0.1) is 0 Å². The average Bonchev–Trinajstić information content (AvgIpc) is 3.18. The first-order valence-corrected chi connectivity index (χ1v) is 8.24. The van der Waals surface area contributed by atoms with Gasteiger partial charge < -0.3 is 5.32 Å². The minimum atomic E-state index is -0.181. The summed E-state index contributed by atoms with van der Waals surface area (Å²) in [4.78, 5) is 17.6. The van der Waals surface area contributed by atoms with Crippen molar-refractivity contribution in [1.82, 2.24) is 25.0 Å². The number of fused-ring (bicyclic) bond motifs is 1. The van der Waals surface area contributed by atoms with Gasteiger partial charge in [-0.05, 0) is 39.7 Å². The highest BCUT2D eigenvalue weighted by Crippen LogP contribution is 2.40. The van der Waals surface area contributed by atoms with Crippen molar-refractivity contribution < 1.29 is 4.79 Å². The molecular weight excluding hydrogens is 304 g/mol. The predicted octanol–water partition coefficient (Wildman–Crippen LogP) is 3.17. The first-order chi connectivity index (χ1) is 11.5. The van der Waals surface area contributed by atoms with E-state index < -0.39 is 0 Å². The molecule has 3 aromatic heterocycles. The second-order valence-electron chi connectivity index (χ2n) is 6.68. The van der Waals surface area contributed by atoms with E-state index in [-0.39, 0.29) is 11.9 Å². The molecule has 1 aliphatic rings. The molecule has 124 valence electrons. The SMILES string of the molecule is Cc1cc(NC(=O)c2cc(C3CC3)nc3c2cnn3C(C)C)n[nH]1. The second kappa shape index (κ2) is 5.43. The highest BCUT2D eigenvalue weighted by Gasteiger charge is 2.28. The maximum atomic E-state index is 12.8. The first-order valence-electron chi connectivity index (χ1n) is 8.24. The smallest absolute Gasteiger partial charge is 0.257 e.